The minimum Gasteiger partial charge on any atom is -0.462 e. The second kappa shape index (κ2) is 8.58. The topological polar surface area (TPSA) is 67.4 Å². The number of amides is 2. The molecule has 0 bridgehead atoms. The summed E-state index contributed by atoms with van der Waals surface area (Å²) < 4.78 is 4.91. The fourth-order valence-corrected chi connectivity index (χ4v) is 2.04. The summed E-state index contributed by atoms with van der Waals surface area (Å²) in [6, 6.07) is 16.3. The Kier molecular flexibility index (Phi) is 6.17. The lowest BCUT2D eigenvalue weighted by atomic mass is 10.1. The van der Waals surface area contributed by atoms with Crippen molar-refractivity contribution in [1.82, 2.24) is 5.32 Å². The Bertz CT molecular complexity index is 639. The van der Waals surface area contributed by atoms with E-state index in [1.54, 1.807) is 31.2 Å². The molecule has 5 nitrogen and oxygen atoms in total. The van der Waals surface area contributed by atoms with Crippen LogP contribution in [-0.4, -0.2) is 25.2 Å². The Morgan fingerprint density at radius 3 is 2.35 bits per heavy atom. The highest BCUT2D eigenvalue weighted by Crippen LogP contribution is 2.10. The van der Waals surface area contributed by atoms with Gasteiger partial charge in [-0.2, -0.15) is 0 Å². The molecule has 2 rings (SSSR count). The molecule has 5 heteroatoms. The van der Waals surface area contributed by atoms with Crippen LogP contribution in [-0.2, 0) is 11.2 Å². The first kappa shape index (κ1) is 16.5. The van der Waals surface area contributed by atoms with Crippen LogP contribution in [0, 0.1) is 0 Å². The van der Waals surface area contributed by atoms with Gasteiger partial charge in [-0.05, 0) is 43.2 Å². The van der Waals surface area contributed by atoms with Gasteiger partial charge in [-0.15, -0.1) is 0 Å². The van der Waals surface area contributed by atoms with E-state index in [1.165, 1.54) is 5.56 Å². The van der Waals surface area contributed by atoms with Crippen LogP contribution in [0.4, 0.5) is 10.5 Å². The van der Waals surface area contributed by atoms with Gasteiger partial charge < -0.3 is 15.4 Å². The van der Waals surface area contributed by atoms with Crippen molar-refractivity contribution in [3.8, 4) is 0 Å². The third-order valence-corrected chi connectivity index (χ3v) is 3.20. The second-order valence-corrected chi connectivity index (χ2v) is 4.91. The number of ether oxygens (including phenoxy) is 1. The SMILES string of the molecule is CCOC(=O)c1ccc(NC(=O)NCCc2ccccc2)cc1. The maximum atomic E-state index is 11.8. The summed E-state index contributed by atoms with van der Waals surface area (Å²) in [6.45, 7) is 2.65. The minimum absolute atomic E-state index is 0.273. The summed E-state index contributed by atoms with van der Waals surface area (Å²) in [6.07, 6.45) is 0.774. The van der Waals surface area contributed by atoms with Crippen molar-refractivity contribution in [2.75, 3.05) is 18.5 Å². The standard InChI is InChI=1S/C18H20N2O3/c1-2-23-17(21)15-8-10-16(11-9-15)20-18(22)19-13-12-14-6-4-3-5-7-14/h3-11H,2,12-13H2,1H3,(H2,19,20,22). The fourth-order valence-electron chi connectivity index (χ4n) is 2.04. The minimum atomic E-state index is -0.369. The molecule has 2 aromatic rings. The maximum Gasteiger partial charge on any atom is 0.338 e. The number of hydrogen-bond donors (Lipinski definition) is 2. The summed E-state index contributed by atoms with van der Waals surface area (Å²) in [5.41, 5.74) is 2.25. The molecular weight excluding hydrogens is 292 g/mol. The van der Waals surface area contributed by atoms with Crippen molar-refractivity contribution in [2.24, 2.45) is 0 Å². The highest BCUT2D eigenvalue weighted by atomic mass is 16.5. The molecule has 0 unspecified atom stereocenters. The van der Waals surface area contributed by atoms with Gasteiger partial charge in [0.05, 0.1) is 12.2 Å². The number of urea groups is 1. The molecule has 2 aromatic carbocycles. The van der Waals surface area contributed by atoms with Crippen molar-refractivity contribution in [3.63, 3.8) is 0 Å². The fraction of sp³-hybridized carbons (Fsp3) is 0.222. The molecule has 2 amide bonds. The molecular formula is C18H20N2O3. The first-order valence-corrected chi connectivity index (χ1v) is 7.55. The molecule has 0 heterocycles. The van der Waals surface area contributed by atoms with Crippen molar-refractivity contribution < 1.29 is 14.3 Å². The summed E-state index contributed by atoms with van der Waals surface area (Å²) >= 11 is 0. The zero-order valence-corrected chi connectivity index (χ0v) is 13.0. The van der Waals surface area contributed by atoms with E-state index in [4.69, 9.17) is 4.74 Å². The molecule has 0 atom stereocenters. The lowest BCUT2D eigenvalue weighted by molar-refractivity contribution is 0.0526. The molecule has 23 heavy (non-hydrogen) atoms. The molecule has 0 spiro atoms. The second-order valence-electron chi connectivity index (χ2n) is 4.91. The van der Waals surface area contributed by atoms with Crippen LogP contribution in [0.3, 0.4) is 0 Å². The molecule has 0 fully saturated rings. The predicted molar refractivity (Wildman–Crippen MR) is 89.6 cm³/mol. The first-order valence-electron chi connectivity index (χ1n) is 7.55. The maximum absolute atomic E-state index is 11.8. The van der Waals surface area contributed by atoms with E-state index in [0.717, 1.165) is 6.42 Å². The number of rotatable bonds is 6. The van der Waals surface area contributed by atoms with E-state index in [2.05, 4.69) is 10.6 Å². The zero-order valence-electron chi connectivity index (χ0n) is 13.0. The van der Waals surface area contributed by atoms with E-state index < -0.39 is 0 Å². The average molecular weight is 312 g/mol. The molecule has 0 saturated carbocycles. The Labute approximate surface area is 135 Å². The molecule has 0 aromatic heterocycles. The molecule has 0 saturated heterocycles. The molecule has 0 radical (unpaired) electrons. The number of anilines is 1. The van der Waals surface area contributed by atoms with Crippen molar-refractivity contribution in [3.05, 3.63) is 65.7 Å². The van der Waals surface area contributed by atoms with Gasteiger partial charge in [0.1, 0.15) is 0 Å². The number of carbonyl (C=O) groups excluding carboxylic acids is 2. The van der Waals surface area contributed by atoms with Crippen LogP contribution >= 0.6 is 0 Å². The first-order chi connectivity index (χ1) is 11.2. The molecule has 2 N–H and O–H groups in total. The van der Waals surface area contributed by atoms with Gasteiger partial charge in [-0.1, -0.05) is 30.3 Å². The quantitative estimate of drug-likeness (QED) is 0.805. The van der Waals surface area contributed by atoms with Gasteiger partial charge in [-0.3, -0.25) is 0 Å². The van der Waals surface area contributed by atoms with E-state index in [9.17, 15) is 9.59 Å². The smallest absolute Gasteiger partial charge is 0.338 e. The van der Waals surface area contributed by atoms with Crippen LogP contribution in [0.2, 0.25) is 0 Å². The largest absolute Gasteiger partial charge is 0.462 e. The van der Waals surface area contributed by atoms with Gasteiger partial charge in [-0.25, -0.2) is 9.59 Å². The number of esters is 1. The number of hydrogen-bond acceptors (Lipinski definition) is 3. The van der Waals surface area contributed by atoms with Gasteiger partial charge >= 0.3 is 12.0 Å². The molecule has 0 aliphatic rings. The highest BCUT2D eigenvalue weighted by molar-refractivity contribution is 5.92. The zero-order chi connectivity index (χ0) is 16.5. The van der Waals surface area contributed by atoms with E-state index in [-0.39, 0.29) is 12.0 Å². The van der Waals surface area contributed by atoms with Crippen LogP contribution in [0.5, 0.6) is 0 Å². The number of nitrogens with one attached hydrogen (secondary N) is 2. The summed E-state index contributed by atoms with van der Waals surface area (Å²) in [7, 11) is 0. The lowest BCUT2D eigenvalue weighted by Crippen LogP contribution is -2.30. The lowest BCUT2D eigenvalue weighted by Gasteiger charge is -2.08. The van der Waals surface area contributed by atoms with Crippen LogP contribution < -0.4 is 10.6 Å². The van der Waals surface area contributed by atoms with Gasteiger partial charge in [0.15, 0.2) is 0 Å². The summed E-state index contributed by atoms with van der Waals surface area (Å²) in [5.74, 6) is -0.369. The Morgan fingerprint density at radius 1 is 1.00 bits per heavy atom. The van der Waals surface area contributed by atoms with Gasteiger partial charge in [0.2, 0.25) is 0 Å². The molecule has 0 aliphatic carbocycles. The number of benzene rings is 2. The third-order valence-electron chi connectivity index (χ3n) is 3.20. The van der Waals surface area contributed by atoms with Gasteiger partial charge in [0, 0.05) is 12.2 Å². The van der Waals surface area contributed by atoms with Crippen LogP contribution in [0.25, 0.3) is 0 Å². The normalized spacial score (nSPS) is 9.96. The van der Waals surface area contributed by atoms with E-state index in [1.807, 2.05) is 30.3 Å². The van der Waals surface area contributed by atoms with Gasteiger partial charge in [0.25, 0.3) is 0 Å². The van der Waals surface area contributed by atoms with Crippen LogP contribution in [0.1, 0.15) is 22.8 Å². The summed E-state index contributed by atoms with van der Waals surface area (Å²) in [4.78, 5) is 23.3. The molecule has 0 aliphatic heterocycles. The number of carbonyl (C=O) groups is 2. The molecule has 120 valence electrons. The average Bonchev–Trinajstić information content (AvgIpc) is 2.57. The highest BCUT2D eigenvalue weighted by Gasteiger charge is 2.06. The van der Waals surface area contributed by atoms with Crippen molar-refractivity contribution in [1.29, 1.82) is 0 Å². The summed E-state index contributed by atoms with van der Waals surface area (Å²) in [5, 5.41) is 5.52. The van der Waals surface area contributed by atoms with Crippen molar-refractivity contribution >= 4 is 17.7 Å². The van der Waals surface area contributed by atoms with E-state index in [0.29, 0.717) is 24.4 Å². The Balaban J connectivity index is 1.77. The third kappa shape index (κ3) is 5.47. The Morgan fingerprint density at radius 2 is 1.70 bits per heavy atom. The predicted octanol–water partition coefficient (Wildman–Crippen LogP) is 3.23. The monoisotopic (exact) mass is 312 g/mol. The van der Waals surface area contributed by atoms with Crippen molar-refractivity contribution in [2.45, 2.75) is 13.3 Å². The van der Waals surface area contributed by atoms with Crippen LogP contribution in [0.15, 0.2) is 54.6 Å². The Hall–Kier alpha value is -2.82. The van der Waals surface area contributed by atoms with E-state index >= 15 is 0 Å².